The summed E-state index contributed by atoms with van der Waals surface area (Å²) in [6, 6.07) is 20.0. The predicted molar refractivity (Wildman–Crippen MR) is 396 cm³/mol. The summed E-state index contributed by atoms with van der Waals surface area (Å²) < 4.78 is 32.3. The van der Waals surface area contributed by atoms with Gasteiger partial charge in [0.25, 0.3) is 50.3 Å². The van der Waals surface area contributed by atoms with Gasteiger partial charge in [0.05, 0.1) is 75.7 Å². The molecular formula is C77H78Cl2FN9O14. The molecule has 3 aliphatic heterocycles. The molecule has 0 saturated heterocycles. The summed E-state index contributed by atoms with van der Waals surface area (Å²) in [5.74, 6) is 1.19. The highest BCUT2D eigenvalue weighted by Crippen LogP contribution is 2.45. The summed E-state index contributed by atoms with van der Waals surface area (Å²) in [5, 5.41) is 34.2. The number of hydrogen-bond acceptors (Lipinski definition) is 19. The number of carboxylic acid groups (broad SMARTS) is 1. The minimum absolute atomic E-state index is 0.0204. The van der Waals surface area contributed by atoms with E-state index >= 15 is 0 Å². The summed E-state index contributed by atoms with van der Waals surface area (Å²) in [4.78, 5) is 127. The van der Waals surface area contributed by atoms with Gasteiger partial charge in [0.2, 0.25) is 0 Å². The number of fused-ring (bicyclic) bond motifs is 3. The highest BCUT2D eigenvalue weighted by atomic mass is 35.5. The second kappa shape index (κ2) is 27.2. The Morgan fingerprint density at radius 2 is 1.00 bits per heavy atom. The van der Waals surface area contributed by atoms with Gasteiger partial charge in [0.15, 0.2) is 0 Å². The third-order valence-corrected chi connectivity index (χ3v) is 19.5. The Labute approximate surface area is 600 Å². The second-order valence-corrected chi connectivity index (χ2v) is 30.3. The highest BCUT2D eigenvalue weighted by Gasteiger charge is 2.41. The van der Waals surface area contributed by atoms with E-state index in [-0.39, 0.29) is 109 Å². The number of amides is 3. The van der Waals surface area contributed by atoms with Crippen molar-refractivity contribution in [3.8, 4) is 0 Å². The fraction of sp³-hybridized carbons (Fsp3) is 0.325. The maximum atomic E-state index is 14.7. The first-order valence-corrected chi connectivity index (χ1v) is 33.9. The summed E-state index contributed by atoms with van der Waals surface area (Å²) in [7, 11) is 0. The molecule has 6 heterocycles. The molecule has 3 aromatic heterocycles. The zero-order valence-electron chi connectivity index (χ0n) is 59.6. The summed E-state index contributed by atoms with van der Waals surface area (Å²) in [5.41, 5.74) is 1.31. The number of furan rings is 3. The number of nitrogens with one attached hydrogen (secondary N) is 8. The maximum absolute atomic E-state index is 14.7. The molecule has 103 heavy (non-hydrogen) atoms. The molecule has 0 bridgehead atoms. The number of aryl methyl sites for hydroxylation is 6. The average molecular weight is 1440 g/mol. The molecule has 0 unspecified atom stereocenters. The van der Waals surface area contributed by atoms with Gasteiger partial charge in [-0.1, -0.05) is 97.6 Å². The first-order chi connectivity index (χ1) is 48.2. The standard InChI is InChI=1S/C31H30ClN3O6.C24H26FN3O4.C22H22ClN3O4/c1-14-7-8-17(30(39)40)21(11-14)35-13-18-19(32)9-10-20(23(18)29(35)38)33-24-25(27(37)26(24)36)34-28(31(4,5)6)22-12-15(2)16(3)41-22;1-10-9-15(32-12(10)3)22(24(4,5)6)28-19-18(20(29)21(19)30)27-17-14(25)8-7-13-11(2)26-23(31)16(13)17;1-10-5-8-14(30-10)20(22(2,3)4)26-17-16(18(27)19(17)28)25-13-7-6-12(23)11-9-24-21(29)15(11)13/h7-12,28,33-34H,13H2,1-6H3,(H,39,40);7-9,11,22,27-28H,1-6H3,(H,26,31);5-8,20,25-26H,9H2,1-4H3,(H,24,29)/t28-;11-,22-;20-/m000/s1. The van der Waals surface area contributed by atoms with Gasteiger partial charge in [-0.05, 0) is 154 Å². The van der Waals surface area contributed by atoms with Crippen LogP contribution in [-0.4, -0.2) is 28.8 Å². The lowest BCUT2D eigenvalue weighted by Gasteiger charge is -2.31. The highest BCUT2D eigenvalue weighted by molar-refractivity contribution is 6.33. The minimum atomic E-state index is -1.16. The topological polar surface area (TPSA) is 330 Å². The van der Waals surface area contributed by atoms with Gasteiger partial charge in [-0.3, -0.25) is 43.2 Å². The smallest absolute Gasteiger partial charge is 0.337 e. The number of anilines is 10. The van der Waals surface area contributed by atoms with Gasteiger partial charge in [0.1, 0.15) is 74.5 Å². The molecule has 13 rings (SSSR count). The number of nitrogens with zero attached hydrogens (tertiary/aromatic N) is 1. The molecular weight excluding hydrogens is 1360 g/mol. The third-order valence-electron chi connectivity index (χ3n) is 18.8. The van der Waals surface area contributed by atoms with E-state index in [2.05, 4.69) is 42.5 Å². The van der Waals surface area contributed by atoms with E-state index in [1.165, 1.54) is 23.1 Å². The molecule has 0 fully saturated rings. The molecule has 23 nitrogen and oxygen atoms in total. The van der Waals surface area contributed by atoms with Crippen molar-refractivity contribution in [1.82, 2.24) is 10.6 Å². The molecule has 0 radical (unpaired) electrons. The van der Waals surface area contributed by atoms with Gasteiger partial charge in [0, 0.05) is 27.7 Å². The van der Waals surface area contributed by atoms with Crippen molar-refractivity contribution in [1.29, 1.82) is 0 Å². The number of benzene rings is 4. The Morgan fingerprint density at radius 3 is 1.46 bits per heavy atom. The summed E-state index contributed by atoms with van der Waals surface area (Å²) in [6.07, 6.45) is 0. The Hall–Kier alpha value is -10.9. The first-order valence-electron chi connectivity index (χ1n) is 33.2. The average Bonchev–Trinajstić information content (AvgIpc) is 1.74. The summed E-state index contributed by atoms with van der Waals surface area (Å²) in [6.45, 7) is 31.3. The van der Waals surface area contributed by atoms with Crippen LogP contribution in [-0.2, 0) is 13.1 Å². The van der Waals surface area contributed by atoms with Crippen molar-refractivity contribution >= 4 is 104 Å². The molecule has 4 atom stereocenters. The lowest BCUT2D eigenvalue weighted by Crippen LogP contribution is -2.39. The van der Waals surface area contributed by atoms with Crippen LogP contribution in [0, 0.1) is 63.6 Å². The zero-order valence-corrected chi connectivity index (χ0v) is 61.1. The van der Waals surface area contributed by atoms with Crippen LogP contribution in [0.1, 0.15) is 203 Å². The van der Waals surface area contributed by atoms with E-state index in [0.717, 1.165) is 34.0 Å². The first kappa shape index (κ1) is 73.4. The lowest BCUT2D eigenvalue weighted by atomic mass is 9.84. The molecule has 26 heteroatoms. The van der Waals surface area contributed by atoms with Gasteiger partial charge >= 0.3 is 5.97 Å². The minimum Gasteiger partial charge on any atom is -0.478 e. The van der Waals surface area contributed by atoms with E-state index in [9.17, 15) is 57.4 Å². The number of carboxylic acids is 1. The van der Waals surface area contributed by atoms with Crippen LogP contribution in [0.15, 0.2) is 121 Å². The lowest BCUT2D eigenvalue weighted by molar-refractivity contribution is 0.0697. The van der Waals surface area contributed by atoms with Crippen LogP contribution >= 0.6 is 23.2 Å². The number of halogens is 3. The van der Waals surface area contributed by atoms with Crippen molar-refractivity contribution in [2.75, 3.05) is 36.8 Å². The number of carbonyl (C=O) groups excluding carboxylic acids is 3. The molecule has 0 aliphatic carbocycles. The molecule has 0 saturated carbocycles. The van der Waals surface area contributed by atoms with E-state index in [0.29, 0.717) is 61.8 Å². The zero-order chi connectivity index (χ0) is 75.3. The fourth-order valence-corrected chi connectivity index (χ4v) is 13.3. The van der Waals surface area contributed by atoms with Gasteiger partial charge in [-0.2, -0.15) is 0 Å². The number of hydrogen-bond donors (Lipinski definition) is 9. The van der Waals surface area contributed by atoms with Crippen LogP contribution < -0.4 is 80.0 Å². The van der Waals surface area contributed by atoms with Crippen LogP contribution in [0.25, 0.3) is 0 Å². The molecule has 536 valence electrons. The second-order valence-electron chi connectivity index (χ2n) is 29.5. The van der Waals surface area contributed by atoms with Crippen molar-refractivity contribution in [2.24, 2.45) is 16.2 Å². The number of carbonyl (C=O) groups is 4. The van der Waals surface area contributed by atoms with Crippen LogP contribution in [0.4, 0.5) is 61.3 Å². The molecule has 9 N–H and O–H groups in total. The quantitative estimate of drug-likeness (QED) is 0.0382. The number of aromatic carboxylic acids is 1. The monoisotopic (exact) mass is 1440 g/mol. The fourth-order valence-electron chi connectivity index (χ4n) is 12.8. The van der Waals surface area contributed by atoms with Crippen molar-refractivity contribution in [3.05, 3.63) is 246 Å². The number of rotatable bonds is 17. The molecule has 0 spiro atoms. The van der Waals surface area contributed by atoms with Gasteiger partial charge < -0.3 is 65.8 Å². The van der Waals surface area contributed by atoms with Crippen LogP contribution in [0.5, 0.6) is 0 Å². The molecule has 3 aliphatic rings. The van der Waals surface area contributed by atoms with Crippen molar-refractivity contribution < 1.29 is 41.9 Å². The largest absolute Gasteiger partial charge is 0.478 e. The van der Waals surface area contributed by atoms with Crippen molar-refractivity contribution in [2.45, 2.75) is 148 Å². The van der Waals surface area contributed by atoms with E-state index in [1.54, 1.807) is 50.2 Å². The third kappa shape index (κ3) is 13.8. The van der Waals surface area contributed by atoms with E-state index in [1.807, 2.05) is 121 Å². The van der Waals surface area contributed by atoms with Crippen molar-refractivity contribution in [3.63, 3.8) is 0 Å². The summed E-state index contributed by atoms with van der Waals surface area (Å²) >= 11 is 12.7. The van der Waals surface area contributed by atoms with Crippen LogP contribution in [0.3, 0.4) is 0 Å². The SMILES string of the molecule is Cc1cc([C@H](Nc2c(Nc3c(F)ccc4c3C(=O)N[C@H]4C)c(=O)c2=O)C(C)(C)C)oc1C.Cc1ccc(C(=O)O)c(N2Cc3c(Cl)ccc(Nc4c(N[C@@H](c5cc(C)c(C)o5)C(C)(C)C)c(=O)c4=O)c3C2=O)c1.Cc1ccc([C@H](Nc2c(Nc3ccc(Cl)c4c3C(=O)NC4)c(=O)c2=O)C(C)(C)C)o1. The van der Waals surface area contributed by atoms with Gasteiger partial charge in [-0.15, -0.1) is 0 Å². The molecule has 3 amide bonds. The maximum Gasteiger partial charge on any atom is 0.337 e. The Balaban J connectivity index is 0.000000157. The Bertz CT molecular complexity index is 5340. The normalized spacial score (nSPS) is 15.0. The van der Waals surface area contributed by atoms with E-state index < -0.39 is 68.3 Å². The van der Waals surface area contributed by atoms with Crippen LogP contribution in [0.2, 0.25) is 10.0 Å². The Morgan fingerprint density at radius 1 is 0.534 bits per heavy atom. The predicted octanol–water partition coefficient (Wildman–Crippen LogP) is 14.7. The van der Waals surface area contributed by atoms with Gasteiger partial charge in [-0.25, -0.2) is 9.18 Å². The molecule has 7 aromatic carbocycles. The van der Waals surface area contributed by atoms with E-state index in [4.69, 9.17) is 36.5 Å². The molecule has 10 aromatic rings. The Kier molecular flexibility index (Phi) is 19.3.